The van der Waals surface area contributed by atoms with Gasteiger partial charge in [0.2, 0.25) is 5.90 Å². The van der Waals surface area contributed by atoms with Crippen LogP contribution in [0.15, 0.2) is 53.5 Å². The van der Waals surface area contributed by atoms with E-state index in [2.05, 4.69) is 10.9 Å². The van der Waals surface area contributed by atoms with Crippen LogP contribution >= 0.6 is 11.6 Å². The SMILES string of the molecule is C[C@@H]1OC(c2ccc(OCCCO)cc2)=N[C@]1(CCC(=O)OC(C)(C)C)C(=O)NNCc1ccccc1Cl. The average molecular weight is 546 g/mol. The Morgan fingerprint density at radius 1 is 1.16 bits per heavy atom. The number of carbonyl (C=O) groups excluding carboxylic acids is 2. The maximum atomic E-state index is 13.5. The predicted molar refractivity (Wildman–Crippen MR) is 145 cm³/mol. The highest BCUT2D eigenvalue weighted by Gasteiger charge is 2.50. The lowest BCUT2D eigenvalue weighted by Gasteiger charge is -2.28. The van der Waals surface area contributed by atoms with Crippen molar-refractivity contribution < 1.29 is 28.9 Å². The molecule has 2 atom stereocenters. The number of aliphatic imine (C=N–C) groups is 1. The number of rotatable bonds is 12. The molecule has 0 aromatic heterocycles. The fourth-order valence-electron chi connectivity index (χ4n) is 3.91. The van der Waals surface area contributed by atoms with Gasteiger partial charge in [0.15, 0.2) is 5.54 Å². The molecule has 1 heterocycles. The average Bonchev–Trinajstić information content (AvgIpc) is 3.20. The zero-order valence-electron chi connectivity index (χ0n) is 22.3. The Bertz CT molecular complexity index is 1130. The van der Waals surface area contributed by atoms with Crippen LogP contribution in [0.3, 0.4) is 0 Å². The first-order valence-electron chi connectivity index (χ1n) is 12.6. The van der Waals surface area contributed by atoms with Crippen molar-refractivity contribution in [2.45, 2.75) is 70.7 Å². The Morgan fingerprint density at radius 3 is 2.53 bits per heavy atom. The van der Waals surface area contributed by atoms with Gasteiger partial charge in [-0.2, -0.15) is 0 Å². The van der Waals surface area contributed by atoms with Crippen molar-refractivity contribution in [2.24, 2.45) is 4.99 Å². The number of hydrazine groups is 1. The third kappa shape index (κ3) is 7.93. The molecule has 0 saturated carbocycles. The van der Waals surface area contributed by atoms with Crippen molar-refractivity contribution in [3.05, 3.63) is 64.7 Å². The van der Waals surface area contributed by atoms with E-state index in [1.165, 1.54) is 0 Å². The first-order valence-corrected chi connectivity index (χ1v) is 13.0. The van der Waals surface area contributed by atoms with Gasteiger partial charge in [0.1, 0.15) is 17.5 Å². The number of aliphatic hydroxyl groups is 1. The molecule has 9 nitrogen and oxygen atoms in total. The quantitative estimate of drug-likeness (QED) is 0.210. The second-order valence-electron chi connectivity index (χ2n) is 10.0. The summed E-state index contributed by atoms with van der Waals surface area (Å²) < 4.78 is 17.1. The van der Waals surface area contributed by atoms with Gasteiger partial charge in [-0.15, -0.1) is 0 Å². The number of hydrogen-bond donors (Lipinski definition) is 3. The van der Waals surface area contributed by atoms with E-state index in [0.717, 1.165) is 5.56 Å². The Hall–Kier alpha value is -3.14. The molecule has 206 valence electrons. The third-order valence-corrected chi connectivity index (χ3v) is 6.27. The molecule has 1 aliphatic heterocycles. The second kappa shape index (κ2) is 13.1. The standard InChI is InChI=1S/C28H36ClN3O6/c1-19-28(15-14-24(34)38-27(2,3)4,26(35)32-30-18-21-8-5-6-9-23(21)29)31-25(37-19)20-10-12-22(13-11-20)36-17-7-16-33/h5-6,8-13,19,30,33H,7,14-18H2,1-4H3,(H,32,35)/t19-,28-/m0/s1. The van der Waals surface area contributed by atoms with Crippen LogP contribution in [-0.2, 0) is 25.6 Å². The van der Waals surface area contributed by atoms with Gasteiger partial charge in [-0.25, -0.2) is 10.4 Å². The van der Waals surface area contributed by atoms with E-state index in [0.29, 0.717) is 41.8 Å². The van der Waals surface area contributed by atoms with Crippen LogP contribution in [0.4, 0.5) is 0 Å². The zero-order chi connectivity index (χ0) is 27.8. The van der Waals surface area contributed by atoms with E-state index in [1.54, 1.807) is 58.0 Å². The van der Waals surface area contributed by atoms with Crippen LogP contribution in [0.5, 0.6) is 5.75 Å². The summed E-state index contributed by atoms with van der Waals surface area (Å²) in [6, 6.07) is 14.4. The van der Waals surface area contributed by atoms with Crippen LogP contribution in [0.1, 0.15) is 58.1 Å². The van der Waals surface area contributed by atoms with Crippen molar-refractivity contribution in [3.8, 4) is 5.75 Å². The van der Waals surface area contributed by atoms with Gasteiger partial charge in [0.25, 0.3) is 5.91 Å². The maximum absolute atomic E-state index is 13.5. The molecule has 0 radical (unpaired) electrons. The molecule has 0 aliphatic carbocycles. The number of nitrogens with one attached hydrogen (secondary N) is 2. The van der Waals surface area contributed by atoms with Gasteiger partial charge in [-0.3, -0.25) is 15.0 Å². The monoisotopic (exact) mass is 545 g/mol. The number of aliphatic hydroxyl groups excluding tert-OH is 1. The highest BCUT2D eigenvalue weighted by atomic mass is 35.5. The molecule has 2 aromatic carbocycles. The molecule has 10 heteroatoms. The van der Waals surface area contributed by atoms with Crippen molar-refractivity contribution >= 4 is 29.4 Å². The highest BCUT2D eigenvalue weighted by molar-refractivity contribution is 6.31. The number of halogens is 1. The predicted octanol–water partition coefficient (Wildman–Crippen LogP) is 3.95. The molecule has 3 N–H and O–H groups in total. The van der Waals surface area contributed by atoms with Crippen LogP contribution in [0, 0.1) is 0 Å². The molecule has 0 fully saturated rings. The summed E-state index contributed by atoms with van der Waals surface area (Å²) in [6.07, 6.45) is -0.0386. The number of esters is 1. The van der Waals surface area contributed by atoms with Crippen molar-refractivity contribution in [2.75, 3.05) is 13.2 Å². The van der Waals surface area contributed by atoms with E-state index in [1.807, 2.05) is 18.2 Å². The van der Waals surface area contributed by atoms with Gasteiger partial charge in [0.05, 0.1) is 6.61 Å². The summed E-state index contributed by atoms with van der Waals surface area (Å²) >= 11 is 6.22. The summed E-state index contributed by atoms with van der Waals surface area (Å²) in [5.74, 6) is 0.0879. The van der Waals surface area contributed by atoms with Gasteiger partial charge in [-0.1, -0.05) is 29.8 Å². The van der Waals surface area contributed by atoms with E-state index < -0.39 is 29.1 Å². The smallest absolute Gasteiger partial charge is 0.306 e. The maximum Gasteiger partial charge on any atom is 0.306 e. The van der Waals surface area contributed by atoms with E-state index in [-0.39, 0.29) is 19.4 Å². The van der Waals surface area contributed by atoms with E-state index >= 15 is 0 Å². The van der Waals surface area contributed by atoms with Gasteiger partial charge < -0.3 is 19.3 Å². The van der Waals surface area contributed by atoms with Crippen molar-refractivity contribution in [3.63, 3.8) is 0 Å². The molecule has 0 saturated heterocycles. The summed E-state index contributed by atoms with van der Waals surface area (Å²) in [5.41, 5.74) is 5.12. The molecule has 0 spiro atoms. The largest absolute Gasteiger partial charge is 0.494 e. The molecule has 1 aliphatic rings. The number of carbonyl (C=O) groups is 2. The first kappa shape index (κ1) is 29.4. The zero-order valence-corrected chi connectivity index (χ0v) is 23.0. The summed E-state index contributed by atoms with van der Waals surface area (Å²) in [4.78, 5) is 30.8. The molecule has 3 rings (SSSR count). The summed E-state index contributed by atoms with van der Waals surface area (Å²) in [6.45, 7) is 7.89. The second-order valence-corrected chi connectivity index (χ2v) is 10.4. The molecule has 38 heavy (non-hydrogen) atoms. The van der Waals surface area contributed by atoms with Gasteiger partial charge in [-0.05, 0) is 70.0 Å². The fourth-order valence-corrected chi connectivity index (χ4v) is 4.11. The normalized spacial score (nSPS) is 18.9. The molecule has 2 aromatic rings. The van der Waals surface area contributed by atoms with Gasteiger partial charge >= 0.3 is 5.97 Å². The lowest BCUT2D eigenvalue weighted by molar-refractivity contribution is -0.155. The number of nitrogens with zero attached hydrogens (tertiary/aromatic N) is 1. The molecular formula is C28H36ClN3O6. The van der Waals surface area contributed by atoms with Crippen LogP contribution < -0.4 is 15.6 Å². The van der Waals surface area contributed by atoms with Crippen molar-refractivity contribution in [1.82, 2.24) is 10.9 Å². The minimum atomic E-state index is -1.37. The Morgan fingerprint density at radius 2 is 1.87 bits per heavy atom. The molecule has 0 unspecified atom stereocenters. The van der Waals surface area contributed by atoms with E-state index in [4.69, 9.17) is 35.9 Å². The number of benzene rings is 2. The fraction of sp³-hybridized carbons (Fsp3) is 0.464. The summed E-state index contributed by atoms with van der Waals surface area (Å²) in [7, 11) is 0. The first-order chi connectivity index (χ1) is 18.0. The topological polar surface area (TPSA) is 118 Å². The summed E-state index contributed by atoms with van der Waals surface area (Å²) in [5, 5.41) is 9.50. The Balaban J connectivity index is 1.79. The van der Waals surface area contributed by atoms with E-state index in [9.17, 15) is 9.59 Å². The third-order valence-electron chi connectivity index (χ3n) is 5.90. The Labute approximate surface area is 228 Å². The molecule has 1 amide bonds. The minimum absolute atomic E-state index is 0.0165. The highest BCUT2D eigenvalue weighted by Crippen LogP contribution is 2.34. The molecular weight excluding hydrogens is 510 g/mol. The van der Waals surface area contributed by atoms with Gasteiger partial charge in [0, 0.05) is 36.6 Å². The lowest BCUT2D eigenvalue weighted by atomic mass is 9.88. The number of hydrogen-bond acceptors (Lipinski definition) is 8. The molecule has 0 bridgehead atoms. The Kier molecular flexibility index (Phi) is 10.1. The van der Waals surface area contributed by atoms with Crippen LogP contribution in [0.25, 0.3) is 0 Å². The number of amides is 1. The lowest BCUT2D eigenvalue weighted by Crippen LogP contribution is -2.54. The van der Waals surface area contributed by atoms with Crippen LogP contribution in [-0.4, -0.2) is 53.3 Å². The minimum Gasteiger partial charge on any atom is -0.494 e. The van der Waals surface area contributed by atoms with Crippen LogP contribution in [0.2, 0.25) is 5.02 Å². The number of ether oxygens (including phenoxy) is 3. The van der Waals surface area contributed by atoms with Crippen molar-refractivity contribution in [1.29, 1.82) is 0 Å².